The second-order valence-electron chi connectivity index (χ2n) is 6.60. The topological polar surface area (TPSA) is 31.1 Å². The highest BCUT2D eigenvalue weighted by Gasteiger charge is 2.38. The highest BCUT2D eigenvalue weighted by Crippen LogP contribution is 2.37. The molecule has 2 saturated heterocycles. The number of para-hydroxylation sites is 1. The van der Waals surface area contributed by atoms with Crippen molar-refractivity contribution in [3.8, 4) is 0 Å². The number of likely N-dealkylation sites (tertiary alicyclic amines) is 1. The van der Waals surface area contributed by atoms with Crippen LogP contribution in [-0.2, 0) is 6.54 Å². The maximum Gasteiger partial charge on any atom is 0.0457 e. The average Bonchev–Trinajstić information content (AvgIpc) is 3.06. The van der Waals surface area contributed by atoms with Crippen LogP contribution in [0, 0.1) is 5.41 Å². The van der Waals surface area contributed by atoms with Gasteiger partial charge in [-0.15, -0.1) is 0 Å². The number of rotatable bonds is 2. The van der Waals surface area contributed by atoms with E-state index in [0.29, 0.717) is 5.41 Å². The molecule has 2 aliphatic rings. The van der Waals surface area contributed by atoms with Crippen LogP contribution in [-0.4, -0.2) is 36.1 Å². The quantitative estimate of drug-likeness (QED) is 0.878. The van der Waals surface area contributed by atoms with E-state index in [0.717, 1.165) is 6.54 Å². The molecule has 1 aromatic carbocycles. The van der Waals surface area contributed by atoms with Gasteiger partial charge in [-0.2, -0.15) is 0 Å². The van der Waals surface area contributed by atoms with Crippen molar-refractivity contribution in [2.45, 2.75) is 25.8 Å². The molecule has 1 unspecified atom stereocenters. The predicted molar refractivity (Wildman–Crippen MR) is 82.7 cm³/mol. The van der Waals surface area contributed by atoms with Crippen LogP contribution in [0.3, 0.4) is 0 Å². The average molecular weight is 269 g/mol. The number of benzene rings is 1. The minimum absolute atomic E-state index is 0.560. The smallest absolute Gasteiger partial charge is 0.0457 e. The van der Waals surface area contributed by atoms with Crippen molar-refractivity contribution in [3.63, 3.8) is 0 Å². The predicted octanol–water partition coefficient (Wildman–Crippen LogP) is 2.74. The summed E-state index contributed by atoms with van der Waals surface area (Å²) in [6.45, 7) is 6.04. The Bertz CT molecular complexity index is 595. The number of hydrogen-bond acceptors (Lipinski definition) is 2. The number of nitrogens with zero attached hydrogens (tertiary/aromatic N) is 1. The molecule has 2 fully saturated rings. The van der Waals surface area contributed by atoms with Gasteiger partial charge >= 0.3 is 0 Å². The van der Waals surface area contributed by atoms with E-state index >= 15 is 0 Å². The molecule has 3 heterocycles. The Morgan fingerprint density at radius 2 is 2.15 bits per heavy atom. The van der Waals surface area contributed by atoms with Crippen LogP contribution in [0.15, 0.2) is 30.5 Å². The molecular formula is C17H23N3. The molecular weight excluding hydrogens is 246 g/mol. The first-order chi connectivity index (χ1) is 9.85. The fourth-order valence-electron chi connectivity index (χ4n) is 4.04. The van der Waals surface area contributed by atoms with Gasteiger partial charge in [-0.1, -0.05) is 18.2 Å². The summed E-state index contributed by atoms with van der Waals surface area (Å²) >= 11 is 0. The molecule has 0 radical (unpaired) electrons. The third-order valence-corrected chi connectivity index (χ3v) is 5.15. The summed E-state index contributed by atoms with van der Waals surface area (Å²) in [6, 6.07) is 8.63. The van der Waals surface area contributed by atoms with Crippen molar-refractivity contribution in [1.82, 2.24) is 15.2 Å². The van der Waals surface area contributed by atoms with Crippen LogP contribution in [0.25, 0.3) is 10.9 Å². The third-order valence-electron chi connectivity index (χ3n) is 5.15. The Morgan fingerprint density at radius 3 is 3.05 bits per heavy atom. The molecule has 3 nitrogen and oxygen atoms in total. The first kappa shape index (κ1) is 12.4. The van der Waals surface area contributed by atoms with E-state index in [4.69, 9.17) is 0 Å². The van der Waals surface area contributed by atoms with Crippen LogP contribution in [0.2, 0.25) is 0 Å². The molecule has 0 amide bonds. The molecule has 2 aromatic rings. The van der Waals surface area contributed by atoms with Crippen molar-refractivity contribution in [2.75, 3.05) is 26.2 Å². The lowest BCUT2D eigenvalue weighted by Gasteiger charge is -2.34. The highest BCUT2D eigenvalue weighted by molar-refractivity contribution is 5.82. The zero-order chi connectivity index (χ0) is 13.4. The van der Waals surface area contributed by atoms with Crippen LogP contribution in [0.5, 0.6) is 0 Å². The Balaban J connectivity index is 1.50. The maximum absolute atomic E-state index is 3.59. The summed E-state index contributed by atoms with van der Waals surface area (Å²) < 4.78 is 0. The van der Waals surface area contributed by atoms with Gasteiger partial charge in [0, 0.05) is 36.7 Å². The van der Waals surface area contributed by atoms with Gasteiger partial charge in [0.25, 0.3) is 0 Å². The first-order valence-corrected chi connectivity index (χ1v) is 7.83. The Kier molecular flexibility index (Phi) is 3.04. The Hall–Kier alpha value is -1.32. The molecule has 1 aromatic heterocycles. The van der Waals surface area contributed by atoms with Crippen molar-refractivity contribution in [3.05, 3.63) is 36.0 Å². The number of fused-ring (bicyclic) bond motifs is 1. The van der Waals surface area contributed by atoms with Crippen molar-refractivity contribution < 1.29 is 0 Å². The minimum Gasteiger partial charge on any atom is -0.361 e. The van der Waals surface area contributed by atoms with Crippen LogP contribution in [0.1, 0.15) is 24.8 Å². The van der Waals surface area contributed by atoms with Crippen molar-refractivity contribution >= 4 is 10.9 Å². The van der Waals surface area contributed by atoms with E-state index in [9.17, 15) is 0 Å². The summed E-state index contributed by atoms with van der Waals surface area (Å²) in [7, 11) is 0. The van der Waals surface area contributed by atoms with Gasteiger partial charge in [-0.05, 0) is 49.4 Å². The van der Waals surface area contributed by atoms with Crippen LogP contribution < -0.4 is 5.32 Å². The van der Waals surface area contributed by atoms with Gasteiger partial charge in [-0.25, -0.2) is 0 Å². The van der Waals surface area contributed by atoms with Gasteiger partial charge < -0.3 is 10.3 Å². The molecule has 2 N–H and O–H groups in total. The maximum atomic E-state index is 3.59. The molecule has 3 heteroatoms. The fourth-order valence-corrected chi connectivity index (χ4v) is 4.04. The third kappa shape index (κ3) is 2.15. The van der Waals surface area contributed by atoms with Crippen LogP contribution >= 0.6 is 0 Å². The number of piperidine rings is 1. The van der Waals surface area contributed by atoms with E-state index in [1.807, 2.05) is 0 Å². The number of H-pyrrole nitrogens is 1. The standard InChI is InChI=1S/C17H23N3/c1-2-5-16-15(4-1)14(10-19-16)11-20-9-7-17(13-20)6-3-8-18-12-17/h1-2,4-5,10,18-19H,3,6-9,11-13H2. The Labute approximate surface area is 120 Å². The molecule has 0 saturated carbocycles. The fraction of sp³-hybridized carbons (Fsp3) is 0.529. The van der Waals surface area contributed by atoms with E-state index in [1.165, 1.54) is 61.9 Å². The van der Waals surface area contributed by atoms with E-state index < -0.39 is 0 Å². The summed E-state index contributed by atoms with van der Waals surface area (Å²) in [5, 5.41) is 4.98. The lowest BCUT2D eigenvalue weighted by atomic mass is 9.80. The number of aromatic nitrogens is 1. The van der Waals surface area contributed by atoms with Gasteiger partial charge in [-0.3, -0.25) is 4.90 Å². The zero-order valence-electron chi connectivity index (χ0n) is 12.0. The SMILES string of the molecule is c1ccc2c(CN3CCC4(CCCNC4)C3)c[nH]c2c1. The van der Waals surface area contributed by atoms with E-state index in [2.05, 4.69) is 45.7 Å². The summed E-state index contributed by atoms with van der Waals surface area (Å²) in [6.07, 6.45) is 6.31. The molecule has 1 atom stereocenters. The number of aromatic amines is 1. The Morgan fingerprint density at radius 1 is 1.20 bits per heavy atom. The monoisotopic (exact) mass is 269 g/mol. The first-order valence-electron chi connectivity index (χ1n) is 7.83. The molecule has 4 rings (SSSR count). The van der Waals surface area contributed by atoms with Gasteiger partial charge in [0.2, 0.25) is 0 Å². The summed E-state index contributed by atoms with van der Waals surface area (Å²) in [5.41, 5.74) is 3.27. The second kappa shape index (κ2) is 4.90. The van der Waals surface area contributed by atoms with Gasteiger partial charge in [0.15, 0.2) is 0 Å². The largest absolute Gasteiger partial charge is 0.361 e. The normalized spacial score (nSPS) is 27.6. The van der Waals surface area contributed by atoms with E-state index in [1.54, 1.807) is 0 Å². The van der Waals surface area contributed by atoms with Gasteiger partial charge in [0.05, 0.1) is 0 Å². The van der Waals surface area contributed by atoms with Crippen LogP contribution in [0.4, 0.5) is 0 Å². The minimum atomic E-state index is 0.560. The van der Waals surface area contributed by atoms with Crippen molar-refractivity contribution in [1.29, 1.82) is 0 Å². The van der Waals surface area contributed by atoms with Crippen molar-refractivity contribution in [2.24, 2.45) is 5.41 Å². The molecule has 2 aliphatic heterocycles. The van der Waals surface area contributed by atoms with E-state index in [-0.39, 0.29) is 0 Å². The summed E-state index contributed by atoms with van der Waals surface area (Å²) in [5.74, 6) is 0. The molecule has 1 spiro atoms. The zero-order valence-corrected chi connectivity index (χ0v) is 12.0. The second-order valence-corrected chi connectivity index (χ2v) is 6.60. The molecule has 20 heavy (non-hydrogen) atoms. The summed E-state index contributed by atoms with van der Waals surface area (Å²) in [4.78, 5) is 6.04. The number of nitrogens with one attached hydrogen (secondary N) is 2. The van der Waals surface area contributed by atoms with Gasteiger partial charge in [0.1, 0.15) is 0 Å². The lowest BCUT2D eigenvalue weighted by Crippen LogP contribution is -2.41. The highest BCUT2D eigenvalue weighted by atomic mass is 15.2. The molecule has 106 valence electrons. The molecule has 0 aliphatic carbocycles. The lowest BCUT2D eigenvalue weighted by molar-refractivity contribution is 0.200. The molecule has 0 bridgehead atoms. The number of hydrogen-bond donors (Lipinski definition) is 2.